The number of amides is 1. The van der Waals surface area contributed by atoms with E-state index in [0.29, 0.717) is 11.3 Å². The molecular formula is C17H15NO2S2. The molecule has 1 aliphatic rings. The Morgan fingerprint density at radius 1 is 1.27 bits per heavy atom. The van der Waals surface area contributed by atoms with Crippen LogP contribution in [0.15, 0.2) is 45.7 Å². The number of carbonyl (C=O) groups is 1. The Hall–Kier alpha value is -1.85. The van der Waals surface area contributed by atoms with Crippen molar-refractivity contribution in [2.75, 3.05) is 6.54 Å². The minimum Gasteiger partial charge on any atom is -0.469 e. The van der Waals surface area contributed by atoms with Crippen LogP contribution < -0.4 is 0 Å². The van der Waals surface area contributed by atoms with Crippen LogP contribution in [0.4, 0.5) is 0 Å². The van der Waals surface area contributed by atoms with Gasteiger partial charge in [-0.1, -0.05) is 6.07 Å². The number of furan rings is 1. The highest BCUT2D eigenvalue weighted by molar-refractivity contribution is 7.10. The predicted molar refractivity (Wildman–Crippen MR) is 88.7 cm³/mol. The number of nitrogens with zero attached hydrogens (tertiary/aromatic N) is 1. The van der Waals surface area contributed by atoms with Gasteiger partial charge < -0.3 is 9.32 Å². The molecule has 0 spiro atoms. The van der Waals surface area contributed by atoms with Crippen molar-refractivity contribution < 1.29 is 9.21 Å². The van der Waals surface area contributed by atoms with Crippen LogP contribution >= 0.6 is 22.7 Å². The predicted octanol–water partition coefficient (Wildman–Crippen LogP) is 4.50. The highest BCUT2D eigenvalue weighted by Gasteiger charge is 2.34. The maximum atomic E-state index is 13.0. The van der Waals surface area contributed by atoms with E-state index < -0.39 is 0 Å². The molecular weight excluding hydrogens is 314 g/mol. The average Bonchev–Trinajstić information content (AvgIpc) is 3.26. The monoisotopic (exact) mass is 329 g/mol. The van der Waals surface area contributed by atoms with Crippen LogP contribution in [0.1, 0.15) is 37.5 Å². The van der Waals surface area contributed by atoms with Gasteiger partial charge in [-0.25, -0.2) is 0 Å². The van der Waals surface area contributed by atoms with Gasteiger partial charge in [-0.3, -0.25) is 4.79 Å². The number of rotatable bonds is 2. The SMILES string of the molecule is Cc1occc1C(=O)N1CCc2sccc2C1c1cccs1. The summed E-state index contributed by atoms with van der Waals surface area (Å²) >= 11 is 3.50. The summed E-state index contributed by atoms with van der Waals surface area (Å²) in [6.07, 6.45) is 2.51. The van der Waals surface area contributed by atoms with E-state index in [0.717, 1.165) is 13.0 Å². The largest absolute Gasteiger partial charge is 0.469 e. The summed E-state index contributed by atoms with van der Waals surface area (Å²) in [6.45, 7) is 2.59. The maximum Gasteiger partial charge on any atom is 0.258 e. The number of aryl methyl sites for hydroxylation is 1. The van der Waals surface area contributed by atoms with Crippen molar-refractivity contribution in [2.24, 2.45) is 0 Å². The smallest absolute Gasteiger partial charge is 0.258 e. The molecule has 0 radical (unpaired) electrons. The third-order valence-corrected chi connectivity index (χ3v) is 6.05. The zero-order chi connectivity index (χ0) is 15.1. The number of fused-ring (bicyclic) bond motifs is 1. The normalized spacial score (nSPS) is 17.5. The summed E-state index contributed by atoms with van der Waals surface area (Å²) in [5, 5.41) is 4.20. The summed E-state index contributed by atoms with van der Waals surface area (Å²) in [5.74, 6) is 0.743. The highest BCUT2D eigenvalue weighted by Crippen LogP contribution is 2.40. The van der Waals surface area contributed by atoms with Crippen LogP contribution in [0.25, 0.3) is 0 Å². The van der Waals surface area contributed by atoms with Crippen LogP contribution in [0.5, 0.6) is 0 Å². The fourth-order valence-corrected chi connectivity index (χ4v) is 4.81. The molecule has 1 unspecified atom stereocenters. The maximum absolute atomic E-state index is 13.0. The minimum atomic E-state index is 0.0248. The second-order valence-corrected chi connectivity index (χ2v) is 7.34. The summed E-state index contributed by atoms with van der Waals surface area (Å²) in [5.41, 5.74) is 1.94. The average molecular weight is 329 g/mol. The molecule has 0 saturated heterocycles. The lowest BCUT2D eigenvalue weighted by atomic mass is 9.97. The zero-order valence-corrected chi connectivity index (χ0v) is 13.7. The standard InChI is InChI=1S/C17H15NO2S2/c1-11-12(5-8-20-11)17(19)18-7-4-14-13(6-10-22-14)16(18)15-3-2-9-21-15/h2-3,5-6,8-10,16H,4,7H2,1H3. The summed E-state index contributed by atoms with van der Waals surface area (Å²) < 4.78 is 5.31. The molecule has 1 aliphatic heterocycles. The first-order valence-electron chi connectivity index (χ1n) is 7.20. The highest BCUT2D eigenvalue weighted by atomic mass is 32.1. The Morgan fingerprint density at radius 2 is 2.18 bits per heavy atom. The molecule has 0 aliphatic carbocycles. The molecule has 0 fully saturated rings. The van der Waals surface area contributed by atoms with Gasteiger partial charge in [0.05, 0.1) is 17.9 Å². The van der Waals surface area contributed by atoms with Crippen LogP contribution in [0, 0.1) is 6.92 Å². The van der Waals surface area contributed by atoms with Crippen molar-refractivity contribution in [1.29, 1.82) is 0 Å². The zero-order valence-electron chi connectivity index (χ0n) is 12.1. The first-order valence-corrected chi connectivity index (χ1v) is 8.96. The molecule has 3 aromatic heterocycles. The quantitative estimate of drug-likeness (QED) is 0.693. The number of thiophene rings is 2. The molecule has 0 N–H and O–H groups in total. The summed E-state index contributed by atoms with van der Waals surface area (Å²) in [4.78, 5) is 17.6. The van der Waals surface area contributed by atoms with Gasteiger partial charge in [-0.2, -0.15) is 0 Å². The lowest BCUT2D eigenvalue weighted by Crippen LogP contribution is -2.39. The van der Waals surface area contributed by atoms with E-state index in [1.807, 2.05) is 17.9 Å². The van der Waals surface area contributed by atoms with Crippen LogP contribution in [0.2, 0.25) is 0 Å². The lowest BCUT2D eigenvalue weighted by molar-refractivity contribution is 0.0697. The molecule has 1 atom stereocenters. The van der Waals surface area contributed by atoms with Gasteiger partial charge in [0.25, 0.3) is 5.91 Å². The van der Waals surface area contributed by atoms with E-state index in [1.165, 1.54) is 15.3 Å². The molecule has 1 amide bonds. The van der Waals surface area contributed by atoms with Gasteiger partial charge in [-0.15, -0.1) is 22.7 Å². The Labute approximate surface area is 136 Å². The van der Waals surface area contributed by atoms with Crippen LogP contribution in [0.3, 0.4) is 0 Å². The van der Waals surface area contributed by atoms with E-state index in [9.17, 15) is 4.79 Å². The van der Waals surface area contributed by atoms with Crippen molar-refractivity contribution >= 4 is 28.6 Å². The fraction of sp³-hybridized carbons (Fsp3) is 0.235. The molecule has 0 saturated carbocycles. The Morgan fingerprint density at radius 3 is 2.91 bits per heavy atom. The van der Waals surface area contributed by atoms with Gasteiger partial charge in [0.1, 0.15) is 5.76 Å². The van der Waals surface area contributed by atoms with Crippen molar-refractivity contribution in [2.45, 2.75) is 19.4 Å². The van der Waals surface area contributed by atoms with Gasteiger partial charge in [0, 0.05) is 16.3 Å². The van der Waals surface area contributed by atoms with E-state index in [1.54, 1.807) is 35.0 Å². The molecule has 3 aromatic rings. The minimum absolute atomic E-state index is 0.0248. The second-order valence-electron chi connectivity index (χ2n) is 5.36. The van der Waals surface area contributed by atoms with Crippen molar-refractivity contribution in [3.8, 4) is 0 Å². The van der Waals surface area contributed by atoms with Crippen molar-refractivity contribution in [3.05, 3.63) is 67.9 Å². The molecule has 0 aromatic carbocycles. The molecule has 112 valence electrons. The van der Waals surface area contributed by atoms with Crippen molar-refractivity contribution in [3.63, 3.8) is 0 Å². The first-order chi connectivity index (χ1) is 10.8. The number of hydrogen-bond acceptors (Lipinski definition) is 4. The van der Waals surface area contributed by atoms with Crippen LogP contribution in [-0.4, -0.2) is 17.4 Å². The van der Waals surface area contributed by atoms with Crippen molar-refractivity contribution in [1.82, 2.24) is 4.90 Å². The van der Waals surface area contributed by atoms with Gasteiger partial charge in [-0.05, 0) is 47.9 Å². The van der Waals surface area contributed by atoms with E-state index in [-0.39, 0.29) is 11.9 Å². The Kier molecular flexibility index (Phi) is 3.39. The topological polar surface area (TPSA) is 33.5 Å². The van der Waals surface area contributed by atoms with Crippen LogP contribution in [-0.2, 0) is 6.42 Å². The molecule has 5 heteroatoms. The summed E-state index contributed by atoms with van der Waals surface area (Å²) in [6, 6.07) is 8.12. The fourth-order valence-electron chi connectivity index (χ4n) is 3.05. The Balaban J connectivity index is 1.79. The van der Waals surface area contributed by atoms with Gasteiger partial charge in [0.15, 0.2) is 0 Å². The van der Waals surface area contributed by atoms with Gasteiger partial charge >= 0.3 is 0 Å². The molecule has 3 nitrogen and oxygen atoms in total. The lowest BCUT2D eigenvalue weighted by Gasteiger charge is -2.35. The second kappa shape index (κ2) is 5.41. The molecule has 4 heterocycles. The third kappa shape index (κ3) is 2.12. The summed E-state index contributed by atoms with van der Waals surface area (Å²) in [7, 11) is 0. The first kappa shape index (κ1) is 13.8. The molecule has 22 heavy (non-hydrogen) atoms. The van der Waals surface area contributed by atoms with Gasteiger partial charge in [0.2, 0.25) is 0 Å². The Bertz CT molecular complexity index is 800. The molecule has 0 bridgehead atoms. The number of hydrogen-bond donors (Lipinski definition) is 0. The molecule has 4 rings (SSSR count). The van der Waals surface area contributed by atoms with E-state index in [4.69, 9.17) is 4.42 Å². The van der Waals surface area contributed by atoms with E-state index >= 15 is 0 Å². The number of carbonyl (C=O) groups excluding carboxylic acids is 1. The van der Waals surface area contributed by atoms with E-state index in [2.05, 4.69) is 22.9 Å². The third-order valence-electron chi connectivity index (χ3n) is 4.13.